The van der Waals surface area contributed by atoms with E-state index >= 15 is 0 Å². The van der Waals surface area contributed by atoms with E-state index in [1.54, 1.807) is 0 Å². The highest BCUT2D eigenvalue weighted by molar-refractivity contribution is 7.89. The predicted molar refractivity (Wildman–Crippen MR) is 65.7 cm³/mol. The summed E-state index contributed by atoms with van der Waals surface area (Å²) in [4.78, 5) is 2.56. The Balaban J connectivity index is 2.37. The van der Waals surface area contributed by atoms with Gasteiger partial charge in [0.15, 0.2) is 0 Å². The number of sulfonamides is 1. The molecule has 0 saturated carbocycles. The standard InChI is InChI=1S/C10H14N4O2S/c11-14-12-7-4-8-17(15,16)13-9-10-5-2-1-3-6-10/h1-3,5-6,13H,4,7-9H2. The van der Waals surface area contributed by atoms with Crippen LogP contribution < -0.4 is 4.72 Å². The van der Waals surface area contributed by atoms with Gasteiger partial charge in [-0.1, -0.05) is 35.4 Å². The van der Waals surface area contributed by atoms with Gasteiger partial charge in [0.1, 0.15) is 0 Å². The van der Waals surface area contributed by atoms with E-state index in [9.17, 15) is 8.42 Å². The molecule has 0 aliphatic carbocycles. The molecule has 0 heterocycles. The molecule has 0 spiro atoms. The maximum Gasteiger partial charge on any atom is 0.211 e. The van der Waals surface area contributed by atoms with Gasteiger partial charge in [0.2, 0.25) is 10.0 Å². The maximum atomic E-state index is 11.5. The first-order valence-electron chi connectivity index (χ1n) is 5.16. The third-order valence-corrected chi connectivity index (χ3v) is 3.48. The van der Waals surface area contributed by atoms with Gasteiger partial charge in [0.05, 0.1) is 5.75 Å². The molecule has 0 amide bonds. The SMILES string of the molecule is [N-]=[N+]=NCCCS(=O)(=O)NCc1ccccc1. The zero-order chi connectivity index (χ0) is 12.6. The summed E-state index contributed by atoms with van der Waals surface area (Å²) in [5.41, 5.74) is 8.95. The molecule has 92 valence electrons. The van der Waals surface area contributed by atoms with Gasteiger partial charge in [-0.25, -0.2) is 13.1 Å². The van der Waals surface area contributed by atoms with Gasteiger partial charge in [0.25, 0.3) is 0 Å². The van der Waals surface area contributed by atoms with Crippen LogP contribution in [0.15, 0.2) is 35.4 Å². The van der Waals surface area contributed by atoms with E-state index in [0.717, 1.165) is 5.56 Å². The monoisotopic (exact) mass is 254 g/mol. The molecule has 0 atom stereocenters. The third-order valence-electron chi connectivity index (χ3n) is 2.07. The fourth-order valence-corrected chi connectivity index (χ4v) is 2.27. The average Bonchev–Trinajstić information content (AvgIpc) is 2.34. The predicted octanol–water partition coefficient (Wildman–Crippen LogP) is 1.81. The van der Waals surface area contributed by atoms with Crippen LogP contribution >= 0.6 is 0 Å². The molecule has 1 aromatic carbocycles. The lowest BCUT2D eigenvalue weighted by atomic mass is 10.2. The van der Waals surface area contributed by atoms with Crippen LogP contribution in [0.1, 0.15) is 12.0 Å². The summed E-state index contributed by atoms with van der Waals surface area (Å²) in [7, 11) is -3.29. The molecule has 1 N–H and O–H groups in total. The Morgan fingerprint density at radius 3 is 2.65 bits per heavy atom. The quantitative estimate of drug-likeness (QED) is 0.347. The lowest BCUT2D eigenvalue weighted by Crippen LogP contribution is -2.26. The van der Waals surface area contributed by atoms with Crippen LogP contribution in [0.25, 0.3) is 10.4 Å². The largest absolute Gasteiger partial charge is 0.212 e. The highest BCUT2D eigenvalue weighted by Crippen LogP contribution is 1.99. The zero-order valence-corrected chi connectivity index (χ0v) is 10.1. The fourth-order valence-electron chi connectivity index (χ4n) is 1.23. The van der Waals surface area contributed by atoms with Crippen molar-refractivity contribution >= 4 is 10.0 Å². The first kappa shape index (κ1) is 13.5. The van der Waals surface area contributed by atoms with Gasteiger partial charge in [-0.3, -0.25) is 0 Å². The van der Waals surface area contributed by atoms with Gasteiger partial charge in [0, 0.05) is 18.0 Å². The van der Waals surface area contributed by atoms with Crippen molar-refractivity contribution in [2.45, 2.75) is 13.0 Å². The van der Waals surface area contributed by atoms with Crippen molar-refractivity contribution in [2.75, 3.05) is 12.3 Å². The molecule has 0 radical (unpaired) electrons. The zero-order valence-electron chi connectivity index (χ0n) is 9.28. The molecule has 1 rings (SSSR count). The van der Waals surface area contributed by atoms with Gasteiger partial charge in [-0.05, 0) is 17.5 Å². The molecule has 7 heteroatoms. The Hall–Kier alpha value is -1.56. The van der Waals surface area contributed by atoms with Crippen LogP contribution in [-0.4, -0.2) is 20.7 Å². The first-order valence-corrected chi connectivity index (χ1v) is 6.81. The number of hydrogen-bond acceptors (Lipinski definition) is 3. The number of nitrogens with zero attached hydrogens (tertiary/aromatic N) is 3. The summed E-state index contributed by atoms with van der Waals surface area (Å²) < 4.78 is 25.5. The van der Waals surface area contributed by atoms with Crippen molar-refractivity contribution in [2.24, 2.45) is 5.11 Å². The maximum absolute atomic E-state index is 11.5. The number of nitrogens with one attached hydrogen (secondary N) is 1. The highest BCUT2D eigenvalue weighted by Gasteiger charge is 2.08. The first-order chi connectivity index (χ1) is 8.14. The summed E-state index contributed by atoms with van der Waals surface area (Å²) in [6, 6.07) is 9.28. The van der Waals surface area contributed by atoms with Crippen LogP contribution in [0, 0.1) is 0 Å². The molecule has 0 aliphatic rings. The van der Waals surface area contributed by atoms with Gasteiger partial charge < -0.3 is 0 Å². The minimum atomic E-state index is -3.29. The van der Waals surface area contributed by atoms with E-state index in [4.69, 9.17) is 5.53 Å². The Kier molecular flexibility index (Phi) is 5.48. The van der Waals surface area contributed by atoms with Gasteiger partial charge >= 0.3 is 0 Å². The lowest BCUT2D eigenvalue weighted by molar-refractivity contribution is 0.579. The van der Waals surface area contributed by atoms with Crippen molar-refractivity contribution in [3.05, 3.63) is 46.3 Å². The number of azide groups is 1. The van der Waals surface area contributed by atoms with Crippen molar-refractivity contribution in [1.29, 1.82) is 0 Å². The van der Waals surface area contributed by atoms with Gasteiger partial charge in [-0.15, -0.1) is 0 Å². The van der Waals surface area contributed by atoms with Crippen LogP contribution in [0.3, 0.4) is 0 Å². The van der Waals surface area contributed by atoms with Crippen molar-refractivity contribution in [1.82, 2.24) is 4.72 Å². The average molecular weight is 254 g/mol. The molecule has 17 heavy (non-hydrogen) atoms. The number of benzene rings is 1. The lowest BCUT2D eigenvalue weighted by Gasteiger charge is -2.05. The summed E-state index contributed by atoms with van der Waals surface area (Å²) in [5, 5.41) is 3.28. The second-order valence-corrected chi connectivity index (χ2v) is 5.36. The van der Waals surface area contributed by atoms with Gasteiger partial charge in [-0.2, -0.15) is 0 Å². The number of hydrogen-bond donors (Lipinski definition) is 1. The van der Waals surface area contributed by atoms with Crippen LogP contribution in [0.2, 0.25) is 0 Å². The summed E-state index contributed by atoms with van der Waals surface area (Å²) >= 11 is 0. The molecule has 0 unspecified atom stereocenters. The van der Waals surface area contributed by atoms with E-state index in [1.807, 2.05) is 30.3 Å². The minimum absolute atomic E-state index is 0.0289. The molecule has 1 aromatic rings. The van der Waals surface area contributed by atoms with Crippen LogP contribution in [0.4, 0.5) is 0 Å². The molecule has 6 nitrogen and oxygen atoms in total. The smallest absolute Gasteiger partial charge is 0.211 e. The molecular formula is C10H14N4O2S. The Bertz CT molecular complexity index is 480. The van der Waals surface area contributed by atoms with E-state index in [2.05, 4.69) is 14.7 Å². The Morgan fingerprint density at radius 1 is 1.29 bits per heavy atom. The second-order valence-electron chi connectivity index (χ2n) is 3.43. The van der Waals surface area contributed by atoms with Crippen molar-refractivity contribution in [3.63, 3.8) is 0 Å². The topological polar surface area (TPSA) is 94.9 Å². The highest BCUT2D eigenvalue weighted by atomic mass is 32.2. The van der Waals surface area contributed by atoms with E-state index in [0.29, 0.717) is 6.42 Å². The van der Waals surface area contributed by atoms with Crippen molar-refractivity contribution < 1.29 is 8.42 Å². The normalized spacial score (nSPS) is 10.8. The molecule has 0 aromatic heterocycles. The van der Waals surface area contributed by atoms with Crippen LogP contribution in [-0.2, 0) is 16.6 Å². The summed E-state index contributed by atoms with van der Waals surface area (Å²) in [6.45, 7) is 0.480. The molecule has 0 aliphatic heterocycles. The second kappa shape index (κ2) is 6.90. The minimum Gasteiger partial charge on any atom is -0.212 e. The molecule has 0 fully saturated rings. The third kappa shape index (κ3) is 5.91. The Morgan fingerprint density at radius 2 is 2.00 bits per heavy atom. The van der Waals surface area contributed by atoms with E-state index < -0.39 is 10.0 Å². The molecule has 0 bridgehead atoms. The molecule has 0 saturated heterocycles. The van der Waals surface area contributed by atoms with E-state index in [-0.39, 0.29) is 18.8 Å². The summed E-state index contributed by atoms with van der Waals surface area (Å²) in [5.74, 6) is -0.0289. The molecular weight excluding hydrogens is 240 g/mol. The summed E-state index contributed by atoms with van der Waals surface area (Å²) in [6.07, 6.45) is 0.328. The van der Waals surface area contributed by atoms with Crippen molar-refractivity contribution in [3.8, 4) is 0 Å². The number of rotatable bonds is 7. The van der Waals surface area contributed by atoms with E-state index in [1.165, 1.54) is 0 Å². The Labute approximate surface area is 100 Å². The fraction of sp³-hybridized carbons (Fsp3) is 0.400. The van der Waals surface area contributed by atoms with Crippen LogP contribution in [0.5, 0.6) is 0 Å².